The minimum absolute atomic E-state index is 0.485. The molecule has 0 bridgehead atoms. The van der Waals surface area contributed by atoms with Crippen LogP contribution in [0.1, 0.15) is 19.8 Å². The summed E-state index contributed by atoms with van der Waals surface area (Å²) in [7, 11) is 0. The molecular formula is C12H20N4O2. The van der Waals surface area contributed by atoms with Crippen molar-refractivity contribution in [3.63, 3.8) is 0 Å². The number of nitrogens with zero attached hydrogens (tertiary/aromatic N) is 2. The predicted octanol–water partition coefficient (Wildman–Crippen LogP) is 0.862. The van der Waals surface area contributed by atoms with Gasteiger partial charge in [0.15, 0.2) is 0 Å². The Morgan fingerprint density at radius 1 is 1.39 bits per heavy atom. The van der Waals surface area contributed by atoms with Gasteiger partial charge in [0.25, 0.3) is 0 Å². The Labute approximate surface area is 107 Å². The van der Waals surface area contributed by atoms with E-state index in [0.29, 0.717) is 38.5 Å². The van der Waals surface area contributed by atoms with Crippen molar-refractivity contribution >= 4 is 11.8 Å². The summed E-state index contributed by atoms with van der Waals surface area (Å²) in [6.07, 6.45) is 3.01. The second-order valence-corrected chi connectivity index (χ2v) is 4.49. The van der Waals surface area contributed by atoms with Gasteiger partial charge in [0, 0.05) is 45.3 Å². The molecule has 6 heteroatoms. The lowest BCUT2D eigenvalue weighted by molar-refractivity contribution is -0.0543. The maximum absolute atomic E-state index is 10.3. The first-order chi connectivity index (χ1) is 8.72. The van der Waals surface area contributed by atoms with Crippen molar-refractivity contribution in [1.29, 1.82) is 0 Å². The van der Waals surface area contributed by atoms with Crippen molar-refractivity contribution in [1.82, 2.24) is 9.97 Å². The molecule has 2 heterocycles. The van der Waals surface area contributed by atoms with Crippen molar-refractivity contribution in [3.05, 3.63) is 12.3 Å². The fourth-order valence-corrected chi connectivity index (χ4v) is 1.88. The average molecular weight is 252 g/mol. The molecule has 0 aromatic carbocycles. The molecule has 1 saturated heterocycles. The molecule has 1 aromatic heterocycles. The Kier molecular flexibility index (Phi) is 4.33. The normalized spacial score (nSPS) is 18.3. The summed E-state index contributed by atoms with van der Waals surface area (Å²) < 4.78 is 5.24. The number of nitrogens with one attached hydrogen (secondary N) is 2. The van der Waals surface area contributed by atoms with Crippen molar-refractivity contribution < 1.29 is 9.84 Å². The highest BCUT2D eigenvalue weighted by Gasteiger charge is 2.29. The molecule has 0 radical (unpaired) electrons. The SMILES string of the molecule is CCNc1nccc(NCC2(O)CCOCC2)n1. The van der Waals surface area contributed by atoms with E-state index in [1.165, 1.54) is 0 Å². The monoisotopic (exact) mass is 252 g/mol. The summed E-state index contributed by atoms with van der Waals surface area (Å²) in [5.74, 6) is 1.32. The van der Waals surface area contributed by atoms with E-state index in [1.807, 2.05) is 6.92 Å². The first-order valence-corrected chi connectivity index (χ1v) is 6.33. The third-order valence-electron chi connectivity index (χ3n) is 3.01. The van der Waals surface area contributed by atoms with Crippen molar-refractivity contribution in [2.24, 2.45) is 0 Å². The lowest BCUT2D eigenvalue weighted by atomic mass is 9.94. The Morgan fingerprint density at radius 2 is 2.17 bits per heavy atom. The van der Waals surface area contributed by atoms with Crippen LogP contribution in [0.2, 0.25) is 0 Å². The molecule has 18 heavy (non-hydrogen) atoms. The summed E-state index contributed by atoms with van der Waals surface area (Å²) in [5, 5.41) is 16.5. The van der Waals surface area contributed by atoms with E-state index in [4.69, 9.17) is 4.74 Å². The summed E-state index contributed by atoms with van der Waals surface area (Å²) >= 11 is 0. The Morgan fingerprint density at radius 3 is 2.89 bits per heavy atom. The van der Waals surface area contributed by atoms with Gasteiger partial charge in [0.2, 0.25) is 5.95 Å². The minimum Gasteiger partial charge on any atom is -0.388 e. The summed E-state index contributed by atoms with van der Waals surface area (Å²) in [4.78, 5) is 8.40. The van der Waals surface area contributed by atoms with Crippen LogP contribution in [0, 0.1) is 0 Å². The van der Waals surface area contributed by atoms with Gasteiger partial charge in [-0.1, -0.05) is 0 Å². The Hall–Kier alpha value is -1.40. The zero-order valence-electron chi connectivity index (χ0n) is 10.6. The van der Waals surface area contributed by atoms with Crippen molar-refractivity contribution in [2.75, 3.05) is 36.9 Å². The lowest BCUT2D eigenvalue weighted by Crippen LogP contribution is -2.42. The summed E-state index contributed by atoms with van der Waals surface area (Å²) in [5.41, 5.74) is -0.693. The van der Waals surface area contributed by atoms with Crippen LogP contribution in [0.4, 0.5) is 11.8 Å². The van der Waals surface area contributed by atoms with E-state index in [-0.39, 0.29) is 0 Å². The van der Waals surface area contributed by atoms with Crippen LogP contribution < -0.4 is 10.6 Å². The molecule has 100 valence electrons. The molecule has 1 aliphatic rings. The van der Waals surface area contributed by atoms with Crippen LogP contribution in [0.15, 0.2) is 12.3 Å². The first kappa shape index (κ1) is 13.0. The van der Waals surface area contributed by atoms with E-state index in [2.05, 4.69) is 20.6 Å². The van der Waals surface area contributed by atoms with E-state index in [0.717, 1.165) is 12.4 Å². The third-order valence-corrected chi connectivity index (χ3v) is 3.01. The molecule has 1 aromatic rings. The highest BCUT2D eigenvalue weighted by molar-refractivity contribution is 5.39. The summed E-state index contributed by atoms with van der Waals surface area (Å²) in [6.45, 7) is 4.49. The number of hydrogen-bond acceptors (Lipinski definition) is 6. The molecule has 0 spiro atoms. The molecule has 0 unspecified atom stereocenters. The molecule has 1 fully saturated rings. The zero-order valence-corrected chi connectivity index (χ0v) is 10.6. The maximum Gasteiger partial charge on any atom is 0.224 e. The highest BCUT2D eigenvalue weighted by Crippen LogP contribution is 2.20. The van der Waals surface area contributed by atoms with Crippen LogP contribution in [0.25, 0.3) is 0 Å². The van der Waals surface area contributed by atoms with Gasteiger partial charge >= 0.3 is 0 Å². The van der Waals surface area contributed by atoms with Gasteiger partial charge < -0.3 is 20.5 Å². The van der Waals surface area contributed by atoms with Gasteiger partial charge in [-0.15, -0.1) is 0 Å². The number of anilines is 2. The Bertz CT molecular complexity index is 380. The number of hydrogen-bond donors (Lipinski definition) is 3. The second kappa shape index (κ2) is 5.97. The van der Waals surface area contributed by atoms with Crippen LogP contribution in [-0.4, -0.2) is 47.0 Å². The van der Waals surface area contributed by atoms with Gasteiger partial charge in [-0.25, -0.2) is 4.98 Å². The molecule has 0 atom stereocenters. The van der Waals surface area contributed by atoms with E-state index < -0.39 is 5.60 Å². The van der Waals surface area contributed by atoms with E-state index in [9.17, 15) is 5.11 Å². The van der Waals surface area contributed by atoms with Crippen molar-refractivity contribution in [2.45, 2.75) is 25.4 Å². The molecule has 2 rings (SSSR count). The smallest absolute Gasteiger partial charge is 0.224 e. The fraction of sp³-hybridized carbons (Fsp3) is 0.667. The quantitative estimate of drug-likeness (QED) is 0.721. The molecular weight excluding hydrogens is 232 g/mol. The predicted molar refractivity (Wildman–Crippen MR) is 69.7 cm³/mol. The van der Waals surface area contributed by atoms with Gasteiger partial charge in [-0.2, -0.15) is 4.98 Å². The third kappa shape index (κ3) is 3.54. The largest absolute Gasteiger partial charge is 0.388 e. The highest BCUT2D eigenvalue weighted by atomic mass is 16.5. The number of aromatic nitrogens is 2. The maximum atomic E-state index is 10.3. The topological polar surface area (TPSA) is 79.3 Å². The Balaban J connectivity index is 1.90. The number of aliphatic hydroxyl groups is 1. The standard InChI is InChI=1S/C12H20N4O2/c1-2-13-11-14-6-3-10(16-11)15-9-12(17)4-7-18-8-5-12/h3,6,17H,2,4-5,7-9H2,1H3,(H2,13,14,15,16). The van der Waals surface area contributed by atoms with Crippen LogP contribution in [-0.2, 0) is 4.74 Å². The number of rotatable bonds is 5. The van der Waals surface area contributed by atoms with Crippen molar-refractivity contribution in [3.8, 4) is 0 Å². The molecule has 6 nitrogen and oxygen atoms in total. The van der Waals surface area contributed by atoms with Crippen LogP contribution in [0.3, 0.4) is 0 Å². The molecule has 0 saturated carbocycles. The molecule has 3 N–H and O–H groups in total. The molecule has 0 amide bonds. The van der Waals surface area contributed by atoms with Crippen LogP contribution in [0.5, 0.6) is 0 Å². The molecule has 0 aliphatic carbocycles. The second-order valence-electron chi connectivity index (χ2n) is 4.49. The lowest BCUT2D eigenvalue weighted by Gasteiger charge is -2.32. The molecule has 1 aliphatic heterocycles. The van der Waals surface area contributed by atoms with Gasteiger partial charge in [-0.3, -0.25) is 0 Å². The van der Waals surface area contributed by atoms with Gasteiger partial charge in [0.1, 0.15) is 5.82 Å². The van der Waals surface area contributed by atoms with Gasteiger partial charge in [-0.05, 0) is 13.0 Å². The van der Waals surface area contributed by atoms with E-state index >= 15 is 0 Å². The summed E-state index contributed by atoms with van der Waals surface area (Å²) in [6, 6.07) is 1.80. The van der Waals surface area contributed by atoms with E-state index in [1.54, 1.807) is 12.3 Å². The van der Waals surface area contributed by atoms with Gasteiger partial charge in [0.05, 0.1) is 5.60 Å². The minimum atomic E-state index is -0.693. The average Bonchev–Trinajstić information content (AvgIpc) is 2.38. The number of ether oxygens (including phenoxy) is 1. The van der Waals surface area contributed by atoms with Crippen LogP contribution >= 0.6 is 0 Å². The first-order valence-electron chi connectivity index (χ1n) is 6.33. The fourth-order valence-electron chi connectivity index (χ4n) is 1.88. The zero-order chi connectivity index (χ0) is 12.8.